The van der Waals surface area contributed by atoms with Gasteiger partial charge in [-0.15, -0.1) is 0 Å². The Balaban J connectivity index is 4.66. The number of ketones is 1. The van der Waals surface area contributed by atoms with Gasteiger partial charge in [-0.1, -0.05) is 27.2 Å². The van der Waals surface area contributed by atoms with E-state index in [2.05, 4.69) is 5.32 Å². The summed E-state index contributed by atoms with van der Waals surface area (Å²) in [7, 11) is -3.87. The Morgan fingerprint density at radius 2 is 1.81 bits per heavy atom. The van der Waals surface area contributed by atoms with E-state index in [9.17, 15) is 18.0 Å². The monoisotopic (exact) mass is 250 g/mol. The van der Waals surface area contributed by atoms with Crippen LogP contribution in [-0.2, 0) is 19.6 Å². The average molecular weight is 250 g/mol. The normalized spacial score (nSPS) is 13.6. The first-order valence-corrected chi connectivity index (χ1v) is 6.67. The number of amides is 1. The van der Waals surface area contributed by atoms with Crippen LogP contribution in [0.5, 0.6) is 0 Å². The summed E-state index contributed by atoms with van der Waals surface area (Å²) in [5.41, 5.74) is 0. The minimum Gasteiger partial charge on any atom is -0.332 e. The second-order valence-corrected chi connectivity index (χ2v) is 5.61. The summed E-state index contributed by atoms with van der Waals surface area (Å²) in [5, 5.41) is 5.89. The number of hydrogen-bond donors (Lipinski definition) is 2. The summed E-state index contributed by atoms with van der Waals surface area (Å²) < 4.78 is 22.2. The van der Waals surface area contributed by atoms with Gasteiger partial charge >= 0.3 is 0 Å². The Kier molecular flexibility index (Phi) is 5.60. The van der Waals surface area contributed by atoms with Gasteiger partial charge in [-0.3, -0.25) is 9.59 Å². The summed E-state index contributed by atoms with van der Waals surface area (Å²) >= 11 is 0. The molecule has 0 aromatic heterocycles. The van der Waals surface area contributed by atoms with E-state index < -0.39 is 33.0 Å². The van der Waals surface area contributed by atoms with Crippen LogP contribution in [0.1, 0.15) is 33.6 Å². The zero-order valence-corrected chi connectivity index (χ0v) is 10.5. The lowest BCUT2D eigenvalue weighted by atomic mass is 10.1. The van der Waals surface area contributed by atoms with Gasteiger partial charge in [0.25, 0.3) is 5.91 Å². The quantitative estimate of drug-likeness (QED) is 0.633. The first kappa shape index (κ1) is 15.0. The van der Waals surface area contributed by atoms with Gasteiger partial charge in [0.1, 0.15) is 5.37 Å². The van der Waals surface area contributed by atoms with Gasteiger partial charge in [0.15, 0.2) is 0 Å². The third-order valence-electron chi connectivity index (χ3n) is 1.99. The number of carbonyl (C=O) groups excluding carboxylic acids is 2. The molecule has 3 N–H and O–H groups in total. The van der Waals surface area contributed by atoms with Crippen LogP contribution in [0, 0.1) is 5.92 Å². The molecular weight excluding hydrogens is 232 g/mol. The second-order valence-electron chi connectivity index (χ2n) is 3.86. The number of primary sulfonamides is 1. The molecule has 0 aromatic rings. The van der Waals surface area contributed by atoms with Crippen molar-refractivity contribution < 1.29 is 18.0 Å². The first-order valence-electron chi connectivity index (χ1n) is 5.06. The smallest absolute Gasteiger partial charge is 0.288 e. The van der Waals surface area contributed by atoms with Crippen LogP contribution >= 0.6 is 0 Å². The van der Waals surface area contributed by atoms with Gasteiger partial charge in [0.05, 0.1) is 0 Å². The number of hydrogen-bond acceptors (Lipinski definition) is 4. The summed E-state index contributed by atoms with van der Waals surface area (Å²) in [5.74, 6) is -2.02. The molecule has 16 heavy (non-hydrogen) atoms. The van der Waals surface area contributed by atoms with Crippen molar-refractivity contribution in [2.45, 2.75) is 39.0 Å². The second kappa shape index (κ2) is 5.95. The molecule has 0 saturated heterocycles. The fourth-order valence-corrected chi connectivity index (χ4v) is 1.90. The maximum atomic E-state index is 11.3. The fourth-order valence-electron chi connectivity index (χ4n) is 1.06. The minimum absolute atomic E-state index is 0.190. The lowest BCUT2D eigenvalue weighted by Gasteiger charge is -2.15. The molecule has 0 radical (unpaired) electrons. The fraction of sp³-hybridized carbons (Fsp3) is 0.778. The molecule has 6 nitrogen and oxygen atoms in total. The van der Waals surface area contributed by atoms with Crippen LogP contribution in [0.3, 0.4) is 0 Å². The van der Waals surface area contributed by atoms with Crippen molar-refractivity contribution in [1.29, 1.82) is 0 Å². The molecule has 0 fully saturated rings. The molecule has 94 valence electrons. The van der Waals surface area contributed by atoms with Gasteiger partial charge in [-0.25, -0.2) is 13.6 Å². The number of carbonyl (C=O) groups is 2. The van der Waals surface area contributed by atoms with Crippen LogP contribution in [-0.4, -0.2) is 25.5 Å². The number of rotatable bonds is 6. The molecular formula is C9H18N2O4S. The van der Waals surface area contributed by atoms with Crippen molar-refractivity contribution in [2.24, 2.45) is 11.1 Å². The minimum atomic E-state index is -3.87. The summed E-state index contributed by atoms with van der Waals surface area (Å²) in [4.78, 5) is 22.6. The van der Waals surface area contributed by atoms with Crippen molar-refractivity contribution in [2.75, 3.05) is 0 Å². The van der Waals surface area contributed by atoms with E-state index >= 15 is 0 Å². The highest BCUT2D eigenvalue weighted by Crippen LogP contribution is 2.03. The van der Waals surface area contributed by atoms with Crippen molar-refractivity contribution in [3.63, 3.8) is 0 Å². The standard InChI is InChI=1S/C9H18N2O4S/c1-4-5-7(16(10,14)15)11-9(13)8(12)6(2)3/h6-7H,4-5H2,1-3H3,(H,11,13)(H2,10,14,15). The van der Waals surface area contributed by atoms with E-state index in [4.69, 9.17) is 5.14 Å². The van der Waals surface area contributed by atoms with E-state index in [1.165, 1.54) is 0 Å². The van der Waals surface area contributed by atoms with E-state index in [-0.39, 0.29) is 6.42 Å². The molecule has 1 unspecified atom stereocenters. The van der Waals surface area contributed by atoms with Crippen molar-refractivity contribution in [3.8, 4) is 0 Å². The predicted octanol–water partition coefficient (Wildman–Crippen LogP) is -0.258. The van der Waals surface area contributed by atoms with Crippen LogP contribution in [0.2, 0.25) is 0 Å². The zero-order valence-electron chi connectivity index (χ0n) is 9.69. The largest absolute Gasteiger partial charge is 0.332 e. The number of nitrogens with two attached hydrogens (primary N) is 1. The molecule has 0 aromatic carbocycles. The summed E-state index contributed by atoms with van der Waals surface area (Å²) in [6.07, 6.45) is 0.729. The third-order valence-corrected chi connectivity index (χ3v) is 3.13. The van der Waals surface area contributed by atoms with Crippen LogP contribution in [0.25, 0.3) is 0 Å². The number of sulfonamides is 1. The Bertz CT molecular complexity index is 362. The number of Topliss-reactive ketones (excluding diaryl/α,β-unsaturated/α-hetero) is 1. The van der Waals surface area contributed by atoms with Gasteiger partial charge in [-0.05, 0) is 6.42 Å². The predicted molar refractivity (Wildman–Crippen MR) is 59.8 cm³/mol. The molecule has 1 amide bonds. The molecule has 0 rings (SSSR count). The van der Waals surface area contributed by atoms with Crippen molar-refractivity contribution in [3.05, 3.63) is 0 Å². The molecule has 0 aliphatic rings. The van der Waals surface area contributed by atoms with E-state index in [1.54, 1.807) is 20.8 Å². The molecule has 1 atom stereocenters. The van der Waals surface area contributed by atoms with Gasteiger partial charge in [0, 0.05) is 5.92 Å². The topological polar surface area (TPSA) is 106 Å². The third kappa shape index (κ3) is 4.71. The highest BCUT2D eigenvalue weighted by molar-refractivity contribution is 7.89. The number of nitrogens with one attached hydrogen (secondary N) is 1. The maximum Gasteiger partial charge on any atom is 0.288 e. The Hall–Kier alpha value is -0.950. The van der Waals surface area contributed by atoms with Crippen molar-refractivity contribution in [1.82, 2.24) is 5.32 Å². The highest BCUT2D eigenvalue weighted by Gasteiger charge is 2.26. The van der Waals surface area contributed by atoms with Gasteiger partial charge in [0.2, 0.25) is 15.8 Å². The molecule has 0 aliphatic carbocycles. The van der Waals surface area contributed by atoms with E-state index in [0.717, 1.165) is 0 Å². The molecule has 0 spiro atoms. The molecule has 0 saturated carbocycles. The first-order chi connectivity index (χ1) is 7.20. The summed E-state index contributed by atoms with van der Waals surface area (Å²) in [6.45, 7) is 4.88. The lowest BCUT2D eigenvalue weighted by molar-refractivity contribution is -0.139. The Morgan fingerprint density at radius 3 is 2.12 bits per heavy atom. The Morgan fingerprint density at radius 1 is 1.31 bits per heavy atom. The maximum absolute atomic E-state index is 11.3. The van der Waals surface area contributed by atoms with Crippen molar-refractivity contribution >= 4 is 21.7 Å². The highest BCUT2D eigenvalue weighted by atomic mass is 32.2. The van der Waals surface area contributed by atoms with Gasteiger partial charge in [-0.2, -0.15) is 0 Å². The van der Waals surface area contributed by atoms with E-state index in [1.807, 2.05) is 0 Å². The lowest BCUT2D eigenvalue weighted by Crippen LogP contribution is -2.47. The van der Waals surface area contributed by atoms with Crippen LogP contribution < -0.4 is 10.5 Å². The Labute approximate surface area is 95.6 Å². The van der Waals surface area contributed by atoms with Gasteiger partial charge < -0.3 is 5.32 Å². The summed E-state index contributed by atoms with van der Waals surface area (Å²) in [6, 6.07) is 0. The van der Waals surface area contributed by atoms with Crippen LogP contribution in [0.4, 0.5) is 0 Å². The molecule has 7 heteroatoms. The average Bonchev–Trinajstić information content (AvgIpc) is 2.14. The zero-order chi connectivity index (χ0) is 12.9. The molecule has 0 heterocycles. The SMILES string of the molecule is CCCC(NC(=O)C(=O)C(C)C)S(N)(=O)=O. The molecule has 0 aliphatic heterocycles. The molecule has 0 bridgehead atoms. The van der Waals surface area contributed by atoms with Crippen LogP contribution in [0.15, 0.2) is 0 Å². The van der Waals surface area contributed by atoms with E-state index in [0.29, 0.717) is 6.42 Å².